The van der Waals surface area contributed by atoms with Gasteiger partial charge in [-0.2, -0.15) is 13.2 Å². The second-order valence-corrected chi connectivity index (χ2v) is 26.8. The highest BCUT2D eigenvalue weighted by Crippen LogP contribution is 2.55. The Hall–Kier alpha value is -4.47. The van der Waals surface area contributed by atoms with Crippen molar-refractivity contribution in [2.24, 2.45) is 5.92 Å². The number of rotatable bonds is 22. The minimum absolute atomic E-state index is 0.0379. The maximum absolute atomic E-state index is 14.4. The van der Waals surface area contributed by atoms with Gasteiger partial charge in [-0.25, -0.2) is 26.1 Å². The third-order valence-corrected chi connectivity index (χ3v) is 18.2. The van der Waals surface area contributed by atoms with Crippen LogP contribution in [-0.4, -0.2) is 101 Å². The van der Waals surface area contributed by atoms with Gasteiger partial charge in [0.05, 0.1) is 34.5 Å². The number of hydrogen-bond acceptors (Lipinski definition) is 14. The van der Waals surface area contributed by atoms with Gasteiger partial charge in [0.15, 0.2) is 0 Å². The molecule has 5 aromatic carbocycles. The molecule has 1 heterocycles. The second-order valence-electron chi connectivity index (χ2n) is 20.2. The van der Waals surface area contributed by atoms with Crippen LogP contribution < -0.4 is 14.9 Å². The van der Waals surface area contributed by atoms with Crippen LogP contribution >= 0.6 is 31.2 Å². The number of carbonyl (C=O) groups is 1. The summed E-state index contributed by atoms with van der Waals surface area (Å²) in [6.07, 6.45) is 0.839. The summed E-state index contributed by atoms with van der Waals surface area (Å²) in [5.74, 6) is -0.890. The van der Waals surface area contributed by atoms with E-state index < -0.39 is 77.9 Å². The number of carbonyl (C=O) groups excluding carboxylic acids is 1. The van der Waals surface area contributed by atoms with E-state index in [0.29, 0.717) is 43.6 Å². The topological polar surface area (TPSA) is 181 Å². The van der Waals surface area contributed by atoms with Gasteiger partial charge in [0, 0.05) is 52.6 Å². The number of benzene rings is 5. The summed E-state index contributed by atoms with van der Waals surface area (Å²) >= 11 is 7.48. The number of thioether (sulfide) groups is 1. The molecule has 408 valence electrons. The van der Waals surface area contributed by atoms with E-state index in [0.717, 1.165) is 39.4 Å². The van der Waals surface area contributed by atoms with Gasteiger partial charge in [0.2, 0.25) is 0 Å². The van der Waals surface area contributed by atoms with Gasteiger partial charge >= 0.3 is 13.3 Å². The Balaban J connectivity index is 1.13. The zero-order valence-electron chi connectivity index (χ0n) is 42.8. The third-order valence-electron chi connectivity index (χ3n) is 11.9. The smallest absolute Gasteiger partial charge is 0.388 e. The molecule has 1 amide bonds. The van der Waals surface area contributed by atoms with Crippen molar-refractivity contribution in [1.82, 2.24) is 9.62 Å². The van der Waals surface area contributed by atoms with E-state index in [1.165, 1.54) is 23.9 Å². The number of likely N-dealkylation sites (N-methyl/N-ethyl adjacent to an activating group) is 1. The molecular weight excluding hydrogens is 1070 g/mol. The van der Waals surface area contributed by atoms with Crippen LogP contribution in [-0.2, 0) is 38.0 Å². The van der Waals surface area contributed by atoms with E-state index >= 15 is 0 Å². The summed E-state index contributed by atoms with van der Waals surface area (Å²) in [5, 5.41) is 15.1. The Labute approximate surface area is 448 Å². The molecule has 0 aliphatic carbocycles. The van der Waals surface area contributed by atoms with Crippen LogP contribution in [0, 0.1) is 5.92 Å². The molecular formula is C53H65ClF3N4O10PS3. The molecule has 2 atom stereocenters. The van der Waals surface area contributed by atoms with E-state index in [9.17, 15) is 44.5 Å². The summed E-state index contributed by atoms with van der Waals surface area (Å²) < 4.78 is 129. The van der Waals surface area contributed by atoms with Crippen molar-refractivity contribution >= 4 is 68.3 Å². The molecule has 3 N–H and O–H groups in total. The van der Waals surface area contributed by atoms with Crippen LogP contribution in [0.4, 0.5) is 24.5 Å². The van der Waals surface area contributed by atoms with Crippen LogP contribution in [0.3, 0.4) is 0 Å². The van der Waals surface area contributed by atoms with Crippen molar-refractivity contribution < 1.29 is 58.0 Å². The standard InChI is InChI=1S/C53H65ClF3N4O10PS3/c1-51(2,3)70-72(64,71-52(4,5)6)69-34-33-60(7)30-29-41(36-73-43-13-9-8-10-14-43)58-47-26-25-44(35-48(47)74(65,66)53(55,56)57)75(67,68)59-50(63)39-19-23-42(24-20-39)61-31-27-38(28-32-61)49(62)46-16-12-11-15-45(46)37-17-21-40(54)22-18-37/h8-26,35,38,41,49,58,62H,27-34,36H2,1-7H3,(H,59,63)/t41-,49?/m1/s1. The van der Waals surface area contributed by atoms with Gasteiger partial charge in [-0.05, 0) is 164 Å². The number of nitrogens with one attached hydrogen (secondary N) is 2. The zero-order valence-corrected chi connectivity index (χ0v) is 46.9. The number of amides is 1. The molecule has 1 aliphatic heterocycles. The van der Waals surface area contributed by atoms with E-state index in [-0.39, 0.29) is 36.8 Å². The minimum atomic E-state index is -6.17. The van der Waals surface area contributed by atoms with Gasteiger partial charge in [0.1, 0.15) is 4.90 Å². The number of aliphatic hydroxyl groups excluding tert-OH is 1. The number of phosphoric acid groups is 1. The molecule has 1 saturated heterocycles. The molecule has 0 radical (unpaired) electrons. The lowest BCUT2D eigenvalue weighted by Gasteiger charge is -2.36. The fourth-order valence-electron chi connectivity index (χ4n) is 8.24. The van der Waals surface area contributed by atoms with Crippen molar-refractivity contribution in [3.05, 3.63) is 137 Å². The number of halogens is 4. The number of sulfonamides is 1. The van der Waals surface area contributed by atoms with Gasteiger partial charge in [-0.1, -0.05) is 66.2 Å². The molecule has 0 bridgehead atoms. The van der Waals surface area contributed by atoms with Crippen LogP contribution in [0.5, 0.6) is 0 Å². The average Bonchev–Trinajstić information content (AvgIpc) is 3.33. The van der Waals surface area contributed by atoms with Crippen molar-refractivity contribution in [1.29, 1.82) is 0 Å². The number of hydrogen-bond donors (Lipinski definition) is 3. The van der Waals surface area contributed by atoms with Gasteiger partial charge < -0.3 is 20.2 Å². The third kappa shape index (κ3) is 17.0. The summed E-state index contributed by atoms with van der Waals surface area (Å²) in [6.45, 7) is 11.9. The minimum Gasteiger partial charge on any atom is -0.388 e. The van der Waals surface area contributed by atoms with E-state index in [2.05, 4.69) is 10.2 Å². The first kappa shape index (κ1) is 59.8. The lowest BCUT2D eigenvalue weighted by atomic mass is 9.84. The number of anilines is 2. The molecule has 5 aromatic rings. The monoisotopic (exact) mass is 1140 g/mol. The Kier molecular flexibility index (Phi) is 19.8. The quantitative estimate of drug-likeness (QED) is 0.0440. The highest BCUT2D eigenvalue weighted by Gasteiger charge is 2.48. The highest BCUT2D eigenvalue weighted by molar-refractivity contribution is 7.99. The Morgan fingerprint density at radius 1 is 0.840 bits per heavy atom. The van der Waals surface area contributed by atoms with Crippen LogP contribution in [0.25, 0.3) is 11.1 Å². The predicted molar refractivity (Wildman–Crippen MR) is 289 cm³/mol. The first-order chi connectivity index (χ1) is 35.0. The molecule has 75 heavy (non-hydrogen) atoms. The Bertz CT molecular complexity index is 2970. The van der Waals surface area contributed by atoms with E-state index in [1.54, 1.807) is 72.9 Å². The molecule has 14 nitrogen and oxygen atoms in total. The summed E-state index contributed by atoms with van der Waals surface area (Å²) in [6, 6.07) is 31.9. The van der Waals surface area contributed by atoms with E-state index in [1.807, 2.05) is 76.4 Å². The first-order valence-corrected chi connectivity index (χ1v) is 30.0. The molecule has 6 rings (SSSR count). The van der Waals surface area contributed by atoms with Crippen LogP contribution in [0.2, 0.25) is 5.02 Å². The van der Waals surface area contributed by atoms with Gasteiger partial charge in [-0.15, -0.1) is 11.8 Å². The molecule has 1 aliphatic rings. The van der Waals surface area contributed by atoms with Crippen molar-refractivity contribution in [3.8, 4) is 11.1 Å². The first-order valence-electron chi connectivity index (χ1n) is 24.2. The summed E-state index contributed by atoms with van der Waals surface area (Å²) in [5.41, 5.74) is -4.69. The number of alkyl halides is 3. The van der Waals surface area contributed by atoms with E-state index in [4.69, 9.17) is 25.2 Å². The predicted octanol–water partition coefficient (Wildman–Crippen LogP) is 12.0. The molecule has 1 fully saturated rings. The Morgan fingerprint density at radius 3 is 2.04 bits per heavy atom. The van der Waals surface area contributed by atoms with Gasteiger partial charge in [0.25, 0.3) is 25.8 Å². The summed E-state index contributed by atoms with van der Waals surface area (Å²) in [4.78, 5) is 15.9. The lowest BCUT2D eigenvalue weighted by molar-refractivity contribution is -0.0436. The van der Waals surface area contributed by atoms with Crippen LogP contribution in [0.1, 0.15) is 82.8 Å². The van der Waals surface area contributed by atoms with Gasteiger partial charge in [-0.3, -0.25) is 18.4 Å². The maximum Gasteiger partial charge on any atom is 0.501 e. The largest absolute Gasteiger partial charge is 0.501 e. The Morgan fingerprint density at radius 2 is 1.44 bits per heavy atom. The SMILES string of the molecule is CN(CCOP(=O)(OC(C)(C)C)OC(C)(C)C)CC[C@H](CSc1ccccc1)Nc1ccc(S(=O)(=O)NC(=O)c2ccc(N3CCC(C(O)c4ccccc4-c4ccc(Cl)cc4)CC3)cc2)cc1S(=O)(=O)C(F)(F)F. The number of piperidine rings is 1. The molecule has 0 aromatic heterocycles. The number of aliphatic hydroxyl groups is 1. The molecule has 0 spiro atoms. The lowest BCUT2D eigenvalue weighted by Crippen LogP contribution is -2.36. The summed E-state index contributed by atoms with van der Waals surface area (Å²) in [7, 11) is -13.4. The number of nitrogens with zero attached hydrogens (tertiary/aromatic N) is 2. The highest BCUT2D eigenvalue weighted by atomic mass is 35.5. The zero-order chi connectivity index (χ0) is 55.0. The number of sulfone groups is 1. The fourth-order valence-corrected chi connectivity index (χ4v) is 13.2. The second kappa shape index (κ2) is 24.9. The van der Waals surface area contributed by atoms with Crippen molar-refractivity contribution in [3.63, 3.8) is 0 Å². The number of phosphoric ester groups is 1. The van der Waals surface area contributed by atoms with Crippen molar-refractivity contribution in [2.45, 2.75) is 104 Å². The van der Waals surface area contributed by atoms with Crippen molar-refractivity contribution in [2.75, 3.05) is 55.8 Å². The molecule has 1 unspecified atom stereocenters. The normalized spacial score (nSPS) is 15.2. The maximum atomic E-state index is 14.4. The average molecular weight is 1140 g/mol. The molecule has 0 saturated carbocycles. The fraction of sp³-hybridized carbons (Fsp3) is 0.415. The van der Waals surface area contributed by atoms with Crippen LogP contribution in [0.15, 0.2) is 136 Å². The molecule has 22 heteroatoms.